The number of likely N-dealkylation sites (N-methyl/N-ethyl adjacent to an activating group) is 1. The van der Waals surface area contributed by atoms with Crippen molar-refractivity contribution in [2.24, 2.45) is 0 Å². The summed E-state index contributed by atoms with van der Waals surface area (Å²) in [7, 11) is 1.99. The molecular formula is C14H26N2O3. The molecule has 0 aromatic rings. The second-order valence-electron chi connectivity index (χ2n) is 6.52. The van der Waals surface area contributed by atoms with Gasteiger partial charge in [-0.25, -0.2) is 4.79 Å². The number of nitrogens with one attached hydrogen (secondary N) is 1. The monoisotopic (exact) mass is 270 g/mol. The van der Waals surface area contributed by atoms with Crippen LogP contribution in [0.3, 0.4) is 0 Å². The van der Waals surface area contributed by atoms with Crippen molar-refractivity contribution in [1.82, 2.24) is 10.2 Å². The highest BCUT2D eigenvalue weighted by Crippen LogP contribution is 2.24. The van der Waals surface area contributed by atoms with Crippen LogP contribution in [0.1, 0.15) is 47.0 Å². The Morgan fingerprint density at radius 1 is 1.32 bits per heavy atom. The Hall–Kier alpha value is -1.10. The molecular weight excluding hydrogens is 244 g/mol. The lowest BCUT2D eigenvalue weighted by atomic mass is 9.86. The first kappa shape index (κ1) is 16.0. The minimum absolute atomic E-state index is 0.0197. The van der Waals surface area contributed by atoms with Gasteiger partial charge in [0.2, 0.25) is 0 Å². The highest BCUT2D eigenvalue weighted by atomic mass is 16.6. The minimum atomic E-state index is -0.905. The fourth-order valence-electron chi connectivity index (χ4n) is 2.55. The minimum Gasteiger partial charge on any atom is -0.444 e. The van der Waals surface area contributed by atoms with Gasteiger partial charge in [-0.2, -0.15) is 0 Å². The van der Waals surface area contributed by atoms with Crippen molar-refractivity contribution in [1.29, 1.82) is 0 Å². The lowest BCUT2D eigenvalue weighted by molar-refractivity contribution is -0.115. The molecule has 0 radical (unpaired) electrons. The molecule has 1 aliphatic rings. The molecule has 5 heteroatoms. The number of carbonyl (C=O) groups excluding carboxylic acids is 2. The van der Waals surface area contributed by atoms with Crippen molar-refractivity contribution in [3.8, 4) is 0 Å². The molecule has 0 aliphatic carbocycles. The van der Waals surface area contributed by atoms with Crippen molar-refractivity contribution < 1.29 is 14.3 Å². The standard InChI is InChI=1S/C14H26N2O3/c1-13(2,3)19-12(18)15-14(4,10-17)11-8-6-7-9-16(11)5/h10-11H,6-9H2,1-5H3,(H,15,18). The molecule has 110 valence electrons. The largest absolute Gasteiger partial charge is 0.444 e. The van der Waals surface area contributed by atoms with Gasteiger partial charge in [0, 0.05) is 6.04 Å². The number of aldehydes is 1. The van der Waals surface area contributed by atoms with Crippen LogP contribution in [0, 0.1) is 0 Å². The van der Waals surface area contributed by atoms with E-state index in [4.69, 9.17) is 4.74 Å². The fraction of sp³-hybridized carbons (Fsp3) is 0.857. The summed E-state index contributed by atoms with van der Waals surface area (Å²) in [6.45, 7) is 8.12. The third-order valence-electron chi connectivity index (χ3n) is 3.48. The van der Waals surface area contributed by atoms with Crippen LogP contribution in [0.4, 0.5) is 4.79 Å². The number of amides is 1. The maximum atomic E-state index is 11.9. The van der Waals surface area contributed by atoms with Gasteiger partial charge >= 0.3 is 6.09 Å². The Labute approximate surface area is 115 Å². The number of alkyl carbamates (subject to hydrolysis) is 1. The lowest BCUT2D eigenvalue weighted by Crippen LogP contribution is -2.62. The van der Waals surface area contributed by atoms with Gasteiger partial charge in [0.05, 0.1) is 0 Å². The molecule has 1 aliphatic heterocycles. The van der Waals surface area contributed by atoms with E-state index in [9.17, 15) is 9.59 Å². The molecule has 1 fully saturated rings. The summed E-state index contributed by atoms with van der Waals surface area (Å²) in [5, 5.41) is 2.73. The number of likely N-dealkylation sites (tertiary alicyclic amines) is 1. The predicted octanol–water partition coefficient (Wildman–Crippen LogP) is 1.95. The van der Waals surface area contributed by atoms with Gasteiger partial charge in [0.15, 0.2) is 0 Å². The third kappa shape index (κ3) is 4.49. The first-order valence-electron chi connectivity index (χ1n) is 6.86. The fourth-order valence-corrected chi connectivity index (χ4v) is 2.55. The van der Waals surface area contributed by atoms with E-state index in [1.165, 1.54) is 0 Å². The molecule has 0 bridgehead atoms. The van der Waals surface area contributed by atoms with Crippen LogP contribution in [-0.2, 0) is 9.53 Å². The summed E-state index contributed by atoms with van der Waals surface area (Å²) in [6.07, 6.45) is 3.40. The van der Waals surface area contributed by atoms with Crippen molar-refractivity contribution in [2.75, 3.05) is 13.6 Å². The van der Waals surface area contributed by atoms with Crippen molar-refractivity contribution in [3.63, 3.8) is 0 Å². The molecule has 0 aromatic carbocycles. The van der Waals surface area contributed by atoms with Gasteiger partial charge in [-0.15, -0.1) is 0 Å². The molecule has 2 unspecified atom stereocenters. The zero-order chi connectivity index (χ0) is 14.7. The number of carbonyl (C=O) groups is 2. The highest BCUT2D eigenvalue weighted by Gasteiger charge is 2.40. The van der Waals surface area contributed by atoms with Crippen LogP contribution in [0.25, 0.3) is 0 Å². The van der Waals surface area contributed by atoms with Crippen LogP contribution in [0.5, 0.6) is 0 Å². The Morgan fingerprint density at radius 2 is 1.95 bits per heavy atom. The third-order valence-corrected chi connectivity index (χ3v) is 3.48. The van der Waals surface area contributed by atoms with E-state index < -0.39 is 17.2 Å². The van der Waals surface area contributed by atoms with Gasteiger partial charge in [-0.1, -0.05) is 6.42 Å². The van der Waals surface area contributed by atoms with E-state index in [1.54, 1.807) is 27.7 Å². The van der Waals surface area contributed by atoms with E-state index >= 15 is 0 Å². The molecule has 1 N–H and O–H groups in total. The smallest absolute Gasteiger partial charge is 0.408 e. The Morgan fingerprint density at radius 3 is 2.42 bits per heavy atom. The normalized spacial score (nSPS) is 24.4. The maximum Gasteiger partial charge on any atom is 0.408 e. The summed E-state index contributed by atoms with van der Waals surface area (Å²) >= 11 is 0. The predicted molar refractivity (Wildman–Crippen MR) is 74.1 cm³/mol. The molecule has 0 spiro atoms. The molecule has 1 saturated heterocycles. The van der Waals surface area contributed by atoms with E-state index in [-0.39, 0.29) is 6.04 Å². The van der Waals surface area contributed by atoms with Crippen molar-refractivity contribution >= 4 is 12.4 Å². The maximum absolute atomic E-state index is 11.9. The Bertz CT molecular complexity index is 338. The molecule has 1 heterocycles. The van der Waals surface area contributed by atoms with Gasteiger partial charge in [-0.05, 0) is 54.1 Å². The molecule has 5 nitrogen and oxygen atoms in total. The number of hydrogen-bond acceptors (Lipinski definition) is 4. The number of ether oxygens (including phenoxy) is 1. The van der Waals surface area contributed by atoms with Crippen LogP contribution in [0.2, 0.25) is 0 Å². The van der Waals surface area contributed by atoms with E-state index in [0.717, 1.165) is 32.1 Å². The lowest BCUT2D eigenvalue weighted by Gasteiger charge is -2.42. The van der Waals surface area contributed by atoms with E-state index in [1.807, 2.05) is 7.05 Å². The average molecular weight is 270 g/mol. The topological polar surface area (TPSA) is 58.6 Å². The SMILES string of the molecule is CN1CCCCC1C(C)(C=O)NC(=O)OC(C)(C)C. The highest BCUT2D eigenvalue weighted by molar-refractivity contribution is 5.77. The van der Waals surface area contributed by atoms with Gasteiger partial charge in [-0.3, -0.25) is 0 Å². The molecule has 0 saturated carbocycles. The second-order valence-corrected chi connectivity index (χ2v) is 6.52. The molecule has 1 rings (SSSR count). The number of nitrogens with zero attached hydrogens (tertiary/aromatic N) is 1. The molecule has 2 atom stereocenters. The van der Waals surface area contributed by atoms with Crippen LogP contribution < -0.4 is 5.32 Å². The van der Waals surface area contributed by atoms with Crippen LogP contribution in [0.15, 0.2) is 0 Å². The Balaban J connectivity index is 2.74. The second kappa shape index (κ2) is 5.90. The van der Waals surface area contributed by atoms with Crippen molar-refractivity contribution in [3.05, 3.63) is 0 Å². The summed E-state index contributed by atoms with van der Waals surface area (Å²) in [6, 6.07) is 0.0197. The quantitative estimate of drug-likeness (QED) is 0.796. The van der Waals surface area contributed by atoms with Crippen molar-refractivity contribution in [2.45, 2.75) is 64.1 Å². The zero-order valence-electron chi connectivity index (χ0n) is 12.7. The number of hydrogen-bond donors (Lipinski definition) is 1. The van der Waals surface area contributed by atoms with Gasteiger partial charge in [0.1, 0.15) is 17.4 Å². The van der Waals surface area contributed by atoms with Gasteiger partial charge < -0.3 is 19.7 Å². The van der Waals surface area contributed by atoms with E-state index in [2.05, 4.69) is 10.2 Å². The zero-order valence-corrected chi connectivity index (χ0v) is 12.7. The summed E-state index contributed by atoms with van der Waals surface area (Å²) in [4.78, 5) is 25.5. The van der Waals surface area contributed by atoms with Crippen LogP contribution >= 0.6 is 0 Å². The summed E-state index contributed by atoms with van der Waals surface area (Å²) in [5.41, 5.74) is -1.47. The van der Waals surface area contributed by atoms with E-state index in [0.29, 0.717) is 0 Å². The number of piperidine rings is 1. The first-order chi connectivity index (χ1) is 8.68. The summed E-state index contributed by atoms with van der Waals surface area (Å²) in [5.74, 6) is 0. The Kier molecular flexibility index (Phi) is 4.96. The number of rotatable bonds is 3. The summed E-state index contributed by atoms with van der Waals surface area (Å²) < 4.78 is 5.23. The van der Waals surface area contributed by atoms with Gasteiger partial charge in [0.25, 0.3) is 0 Å². The first-order valence-corrected chi connectivity index (χ1v) is 6.86. The van der Waals surface area contributed by atoms with Crippen LogP contribution in [-0.4, -0.2) is 48.1 Å². The molecule has 1 amide bonds. The average Bonchev–Trinajstić information content (AvgIpc) is 2.26. The molecule has 0 aromatic heterocycles. The molecule has 19 heavy (non-hydrogen) atoms.